The molecule has 1 fully saturated rings. The lowest BCUT2D eigenvalue weighted by atomic mass is 10.2. The molecule has 1 atom stereocenters. The average molecular weight is 323 g/mol. The Kier molecular flexibility index (Phi) is 6.40. The molecule has 2 amide bonds. The fraction of sp³-hybridized carbons (Fsp3) is 0.667. The average Bonchev–Trinajstić information content (AvgIpc) is 2.56. The maximum Gasteiger partial charge on any atom is 0.314 e. The van der Waals surface area contributed by atoms with Crippen molar-refractivity contribution in [2.45, 2.75) is 25.9 Å². The minimum Gasteiger partial charge on any atom is -0.374 e. The Hall–Kier alpha value is -2.09. The fourth-order valence-electron chi connectivity index (χ4n) is 2.41. The lowest BCUT2D eigenvalue weighted by molar-refractivity contribution is 0.0359. The number of hydrogen-bond acceptors (Lipinski definition) is 5. The van der Waals surface area contributed by atoms with Gasteiger partial charge in [0, 0.05) is 39.3 Å². The molecular weight excluding hydrogens is 298 g/mol. The number of carbonyl (C=O) groups is 1. The topological polar surface area (TPSA) is 88.5 Å². The molecule has 0 saturated carbocycles. The van der Waals surface area contributed by atoms with Gasteiger partial charge < -0.3 is 20.3 Å². The summed E-state index contributed by atoms with van der Waals surface area (Å²) >= 11 is 0. The molecule has 1 saturated heterocycles. The van der Waals surface area contributed by atoms with Gasteiger partial charge in [-0.05, 0) is 12.8 Å². The molecule has 0 spiro atoms. The van der Waals surface area contributed by atoms with Crippen LogP contribution in [0, 0.1) is 0 Å². The molecule has 2 rings (SSSR count). The Morgan fingerprint density at radius 2 is 2.22 bits per heavy atom. The van der Waals surface area contributed by atoms with Crippen LogP contribution in [0.15, 0.2) is 17.1 Å². The number of urea groups is 1. The molecule has 8 nitrogen and oxygen atoms in total. The van der Waals surface area contributed by atoms with Gasteiger partial charge in [-0.25, -0.2) is 9.48 Å². The second-order valence-electron chi connectivity index (χ2n) is 5.59. The van der Waals surface area contributed by atoms with Crippen molar-refractivity contribution in [3.8, 4) is 0 Å². The normalized spacial score (nSPS) is 17.8. The Bertz CT molecular complexity index is 574. The van der Waals surface area contributed by atoms with Gasteiger partial charge in [0.05, 0.1) is 24.6 Å². The minimum absolute atomic E-state index is 0.0271. The van der Waals surface area contributed by atoms with E-state index in [1.54, 1.807) is 19.3 Å². The molecule has 128 valence electrons. The van der Waals surface area contributed by atoms with Crippen molar-refractivity contribution >= 4 is 11.7 Å². The van der Waals surface area contributed by atoms with Crippen molar-refractivity contribution < 1.29 is 9.53 Å². The molecule has 2 N–H and O–H groups in total. The molecule has 8 heteroatoms. The van der Waals surface area contributed by atoms with E-state index in [2.05, 4.69) is 20.6 Å². The summed E-state index contributed by atoms with van der Waals surface area (Å²) in [7, 11) is 1.63. The number of nitrogens with zero attached hydrogens (tertiary/aromatic N) is 3. The van der Waals surface area contributed by atoms with E-state index in [4.69, 9.17) is 4.74 Å². The van der Waals surface area contributed by atoms with Crippen LogP contribution >= 0.6 is 0 Å². The fourth-order valence-corrected chi connectivity index (χ4v) is 2.41. The summed E-state index contributed by atoms with van der Waals surface area (Å²) in [6, 6.07) is 1.45. The number of nitrogens with one attached hydrogen (secondary N) is 2. The van der Waals surface area contributed by atoms with Crippen molar-refractivity contribution in [3.05, 3.63) is 22.6 Å². The highest BCUT2D eigenvalue weighted by Crippen LogP contribution is 2.16. The Morgan fingerprint density at radius 1 is 1.43 bits per heavy atom. The maximum atomic E-state index is 11.7. The second-order valence-corrected chi connectivity index (χ2v) is 5.59. The first-order valence-corrected chi connectivity index (χ1v) is 8.01. The van der Waals surface area contributed by atoms with E-state index in [1.807, 2.05) is 6.92 Å². The number of carbonyl (C=O) groups excluding carboxylic acids is 1. The summed E-state index contributed by atoms with van der Waals surface area (Å²) in [6.45, 7) is 5.26. The predicted molar refractivity (Wildman–Crippen MR) is 87.7 cm³/mol. The summed E-state index contributed by atoms with van der Waals surface area (Å²) < 4.78 is 7.04. The first-order valence-electron chi connectivity index (χ1n) is 8.01. The van der Waals surface area contributed by atoms with Crippen LogP contribution in [0.4, 0.5) is 10.5 Å². The molecule has 0 bridgehead atoms. The Morgan fingerprint density at radius 3 is 2.96 bits per heavy atom. The number of aryl methyl sites for hydroxylation is 1. The number of anilines is 1. The van der Waals surface area contributed by atoms with Crippen LogP contribution < -0.4 is 21.1 Å². The SMILES string of the molecule is CCCNC(=O)NCCC1CN(c2cnn(C)c(=O)c2)CCO1. The first-order chi connectivity index (χ1) is 11.1. The van der Waals surface area contributed by atoms with Crippen LogP contribution in [0.5, 0.6) is 0 Å². The van der Waals surface area contributed by atoms with Crippen LogP contribution in [-0.4, -0.2) is 54.7 Å². The zero-order valence-electron chi connectivity index (χ0n) is 13.7. The predicted octanol–water partition coefficient (Wildman–Crippen LogP) is 0.0848. The van der Waals surface area contributed by atoms with Crippen molar-refractivity contribution in [1.82, 2.24) is 20.4 Å². The molecule has 0 aromatic carbocycles. The quantitative estimate of drug-likeness (QED) is 0.774. The molecular formula is C15H25N5O3. The summed E-state index contributed by atoms with van der Waals surface area (Å²) in [5.41, 5.74) is 0.690. The van der Waals surface area contributed by atoms with Gasteiger partial charge in [0.1, 0.15) is 0 Å². The van der Waals surface area contributed by atoms with E-state index >= 15 is 0 Å². The maximum absolute atomic E-state index is 11.7. The molecule has 0 aliphatic carbocycles. The number of ether oxygens (including phenoxy) is 1. The number of amides is 2. The van der Waals surface area contributed by atoms with Gasteiger partial charge in [0.15, 0.2) is 0 Å². The minimum atomic E-state index is -0.143. The van der Waals surface area contributed by atoms with E-state index in [0.29, 0.717) is 26.2 Å². The van der Waals surface area contributed by atoms with Crippen LogP contribution in [-0.2, 0) is 11.8 Å². The highest BCUT2D eigenvalue weighted by molar-refractivity contribution is 5.73. The third-order valence-electron chi connectivity index (χ3n) is 3.74. The largest absolute Gasteiger partial charge is 0.374 e. The van der Waals surface area contributed by atoms with Crippen molar-refractivity contribution in [2.75, 3.05) is 37.7 Å². The Balaban J connectivity index is 1.80. The number of rotatable bonds is 6. The summed E-state index contributed by atoms with van der Waals surface area (Å²) in [5.74, 6) is 0. The van der Waals surface area contributed by atoms with Gasteiger partial charge in [-0.1, -0.05) is 6.92 Å². The van der Waals surface area contributed by atoms with Gasteiger partial charge in [-0.3, -0.25) is 4.79 Å². The zero-order valence-corrected chi connectivity index (χ0v) is 13.7. The highest BCUT2D eigenvalue weighted by Gasteiger charge is 2.21. The van der Waals surface area contributed by atoms with E-state index in [0.717, 1.165) is 25.1 Å². The summed E-state index contributed by atoms with van der Waals surface area (Å²) in [4.78, 5) is 25.3. The van der Waals surface area contributed by atoms with Crippen LogP contribution in [0.25, 0.3) is 0 Å². The second kappa shape index (κ2) is 8.52. The van der Waals surface area contributed by atoms with Gasteiger partial charge in [-0.15, -0.1) is 0 Å². The van der Waals surface area contributed by atoms with Gasteiger partial charge in [0.25, 0.3) is 5.56 Å². The van der Waals surface area contributed by atoms with E-state index in [-0.39, 0.29) is 17.7 Å². The smallest absolute Gasteiger partial charge is 0.314 e. The Labute approximate surface area is 135 Å². The summed E-state index contributed by atoms with van der Waals surface area (Å²) in [6.07, 6.45) is 3.37. The molecule has 23 heavy (non-hydrogen) atoms. The molecule has 0 radical (unpaired) electrons. The van der Waals surface area contributed by atoms with E-state index in [1.165, 1.54) is 4.68 Å². The standard InChI is InChI=1S/C15H25N5O3/c1-3-5-16-15(22)17-6-4-13-11-20(7-8-23-13)12-9-14(21)19(2)18-10-12/h9-10,13H,3-8,11H2,1-2H3,(H2,16,17,22). The monoisotopic (exact) mass is 323 g/mol. The third-order valence-corrected chi connectivity index (χ3v) is 3.74. The van der Waals surface area contributed by atoms with Gasteiger partial charge in [0.2, 0.25) is 0 Å². The lowest BCUT2D eigenvalue weighted by Crippen LogP contribution is -2.45. The number of morpholine rings is 1. The van der Waals surface area contributed by atoms with Crippen molar-refractivity contribution in [3.63, 3.8) is 0 Å². The highest BCUT2D eigenvalue weighted by atomic mass is 16.5. The third kappa shape index (κ3) is 5.24. The van der Waals surface area contributed by atoms with Crippen LogP contribution in [0.1, 0.15) is 19.8 Å². The zero-order chi connectivity index (χ0) is 16.7. The molecule has 1 aromatic rings. The number of hydrogen-bond donors (Lipinski definition) is 2. The molecule has 2 heterocycles. The van der Waals surface area contributed by atoms with Crippen LogP contribution in [0.3, 0.4) is 0 Å². The molecule has 1 aliphatic rings. The number of aromatic nitrogens is 2. The molecule has 1 unspecified atom stereocenters. The van der Waals surface area contributed by atoms with Gasteiger partial charge >= 0.3 is 6.03 Å². The van der Waals surface area contributed by atoms with Crippen molar-refractivity contribution in [1.29, 1.82) is 0 Å². The molecule has 1 aromatic heterocycles. The van der Waals surface area contributed by atoms with Gasteiger partial charge in [-0.2, -0.15) is 5.10 Å². The molecule has 1 aliphatic heterocycles. The van der Waals surface area contributed by atoms with Crippen molar-refractivity contribution in [2.24, 2.45) is 7.05 Å². The van der Waals surface area contributed by atoms with E-state index in [9.17, 15) is 9.59 Å². The van der Waals surface area contributed by atoms with E-state index < -0.39 is 0 Å². The summed E-state index contributed by atoms with van der Waals surface area (Å²) in [5, 5.41) is 9.64. The lowest BCUT2D eigenvalue weighted by Gasteiger charge is -2.34. The first kappa shape index (κ1) is 17.3. The van der Waals surface area contributed by atoms with Crippen LogP contribution in [0.2, 0.25) is 0 Å².